The van der Waals surface area contributed by atoms with Gasteiger partial charge in [0.25, 0.3) is 5.91 Å². The van der Waals surface area contributed by atoms with Crippen molar-refractivity contribution in [2.45, 2.75) is 25.8 Å². The first-order valence-corrected chi connectivity index (χ1v) is 10.7. The van der Waals surface area contributed by atoms with E-state index in [4.69, 9.17) is 4.98 Å². The zero-order valence-corrected chi connectivity index (χ0v) is 18.5. The second-order valence-electron chi connectivity index (χ2n) is 7.82. The SMILES string of the molecule is CCCC(Nc1cncc(-c2ccc(C(=O)NCCN(C)C)cc2)n1)c1ccccc1. The Morgan fingerprint density at radius 3 is 2.45 bits per heavy atom. The summed E-state index contributed by atoms with van der Waals surface area (Å²) in [5.74, 6) is 0.672. The third kappa shape index (κ3) is 6.62. The standard InChI is InChI=1S/C25H31N5O/c1-4-8-22(19-9-6-5-7-10-19)28-24-18-26-17-23(29-24)20-11-13-21(14-12-20)25(31)27-15-16-30(2)3/h5-7,9-14,17-18,22H,4,8,15-16H2,1-3H3,(H,27,31)(H,28,29). The molecule has 0 saturated carbocycles. The summed E-state index contributed by atoms with van der Waals surface area (Å²) >= 11 is 0. The predicted molar refractivity (Wildman–Crippen MR) is 126 cm³/mol. The Balaban J connectivity index is 1.70. The van der Waals surface area contributed by atoms with Crippen molar-refractivity contribution >= 4 is 11.7 Å². The molecule has 1 heterocycles. The van der Waals surface area contributed by atoms with Gasteiger partial charge < -0.3 is 15.5 Å². The van der Waals surface area contributed by atoms with Gasteiger partial charge in [0.2, 0.25) is 0 Å². The van der Waals surface area contributed by atoms with Gasteiger partial charge in [-0.15, -0.1) is 0 Å². The number of likely N-dealkylation sites (N-methyl/N-ethyl adjacent to an activating group) is 1. The number of rotatable bonds is 10. The Hall–Kier alpha value is -3.25. The van der Waals surface area contributed by atoms with Crippen molar-refractivity contribution < 1.29 is 4.79 Å². The van der Waals surface area contributed by atoms with Crippen molar-refractivity contribution in [1.82, 2.24) is 20.2 Å². The Morgan fingerprint density at radius 1 is 1.03 bits per heavy atom. The summed E-state index contributed by atoms with van der Waals surface area (Å²) in [5.41, 5.74) is 3.57. The maximum absolute atomic E-state index is 12.3. The number of amides is 1. The lowest BCUT2D eigenvalue weighted by Gasteiger charge is -2.19. The second-order valence-corrected chi connectivity index (χ2v) is 7.82. The lowest BCUT2D eigenvalue weighted by Crippen LogP contribution is -2.31. The van der Waals surface area contributed by atoms with Crippen molar-refractivity contribution in [3.63, 3.8) is 0 Å². The number of anilines is 1. The average Bonchev–Trinajstić information content (AvgIpc) is 2.79. The molecule has 0 saturated heterocycles. The molecule has 6 heteroatoms. The number of carbonyl (C=O) groups excluding carboxylic acids is 1. The van der Waals surface area contributed by atoms with Crippen molar-refractivity contribution in [3.05, 3.63) is 78.1 Å². The number of nitrogens with one attached hydrogen (secondary N) is 2. The molecule has 0 aliphatic carbocycles. The highest BCUT2D eigenvalue weighted by atomic mass is 16.1. The van der Waals surface area contributed by atoms with Crippen LogP contribution >= 0.6 is 0 Å². The molecule has 0 radical (unpaired) electrons. The summed E-state index contributed by atoms with van der Waals surface area (Å²) in [6.45, 7) is 3.60. The summed E-state index contributed by atoms with van der Waals surface area (Å²) in [4.78, 5) is 23.4. The molecule has 2 N–H and O–H groups in total. The quantitative estimate of drug-likeness (QED) is 0.512. The highest BCUT2D eigenvalue weighted by Crippen LogP contribution is 2.24. The maximum atomic E-state index is 12.3. The third-order valence-electron chi connectivity index (χ3n) is 5.02. The van der Waals surface area contributed by atoms with Crippen LogP contribution in [0.3, 0.4) is 0 Å². The molecule has 3 aromatic rings. The zero-order chi connectivity index (χ0) is 22.1. The van der Waals surface area contributed by atoms with Gasteiger partial charge in [-0.1, -0.05) is 55.8 Å². The fourth-order valence-corrected chi connectivity index (χ4v) is 3.34. The normalized spacial score (nSPS) is 11.9. The summed E-state index contributed by atoms with van der Waals surface area (Å²) in [7, 11) is 3.96. The number of hydrogen-bond acceptors (Lipinski definition) is 5. The van der Waals surface area contributed by atoms with Gasteiger partial charge in [0.15, 0.2) is 0 Å². The molecule has 1 unspecified atom stereocenters. The van der Waals surface area contributed by atoms with Crippen LogP contribution in [0.15, 0.2) is 67.0 Å². The summed E-state index contributed by atoms with van der Waals surface area (Å²) in [5, 5.41) is 6.46. The Labute approximate surface area is 184 Å². The smallest absolute Gasteiger partial charge is 0.251 e. The molecule has 31 heavy (non-hydrogen) atoms. The highest BCUT2D eigenvalue weighted by Gasteiger charge is 2.12. The van der Waals surface area contributed by atoms with Crippen LogP contribution in [0, 0.1) is 0 Å². The van der Waals surface area contributed by atoms with E-state index >= 15 is 0 Å². The second kappa shape index (κ2) is 11.2. The number of aromatic nitrogens is 2. The largest absolute Gasteiger partial charge is 0.362 e. The summed E-state index contributed by atoms with van der Waals surface area (Å²) < 4.78 is 0. The van der Waals surface area contributed by atoms with Crippen LogP contribution in [0.2, 0.25) is 0 Å². The van der Waals surface area contributed by atoms with Gasteiger partial charge in [0, 0.05) is 24.2 Å². The maximum Gasteiger partial charge on any atom is 0.251 e. The van der Waals surface area contributed by atoms with E-state index in [-0.39, 0.29) is 11.9 Å². The average molecular weight is 418 g/mol. The van der Waals surface area contributed by atoms with Crippen LogP contribution < -0.4 is 10.6 Å². The minimum Gasteiger partial charge on any atom is -0.362 e. The molecule has 0 aliphatic heterocycles. The van der Waals surface area contributed by atoms with Gasteiger partial charge in [-0.25, -0.2) is 4.98 Å². The molecule has 6 nitrogen and oxygen atoms in total. The van der Waals surface area contributed by atoms with E-state index in [0.29, 0.717) is 12.1 Å². The molecule has 1 atom stereocenters. The van der Waals surface area contributed by atoms with Crippen LogP contribution in [-0.2, 0) is 0 Å². The molecule has 0 aliphatic rings. The Kier molecular flexibility index (Phi) is 8.12. The van der Waals surface area contributed by atoms with Crippen molar-refractivity contribution in [2.24, 2.45) is 0 Å². The molecular formula is C25H31N5O. The monoisotopic (exact) mass is 417 g/mol. The highest BCUT2D eigenvalue weighted by molar-refractivity contribution is 5.94. The van der Waals surface area contributed by atoms with Crippen molar-refractivity contribution in [3.8, 4) is 11.3 Å². The molecule has 0 bridgehead atoms. The van der Waals surface area contributed by atoms with Crippen molar-refractivity contribution in [2.75, 3.05) is 32.5 Å². The number of hydrogen-bond donors (Lipinski definition) is 2. The van der Waals surface area contributed by atoms with E-state index in [1.54, 1.807) is 12.4 Å². The predicted octanol–water partition coefficient (Wildman–Crippen LogP) is 4.39. The van der Waals surface area contributed by atoms with Crippen LogP contribution in [0.25, 0.3) is 11.3 Å². The molecule has 162 valence electrons. The summed E-state index contributed by atoms with van der Waals surface area (Å²) in [6, 6.07) is 18.1. The topological polar surface area (TPSA) is 70.2 Å². The van der Waals surface area contributed by atoms with Crippen LogP contribution in [0.4, 0.5) is 5.82 Å². The van der Waals surface area contributed by atoms with E-state index in [0.717, 1.165) is 36.5 Å². The van der Waals surface area contributed by atoms with Crippen LogP contribution in [0.1, 0.15) is 41.7 Å². The number of carbonyl (C=O) groups is 1. The first-order chi connectivity index (χ1) is 15.1. The molecule has 2 aromatic carbocycles. The van der Waals surface area contributed by atoms with Gasteiger partial charge in [-0.2, -0.15) is 0 Å². The Morgan fingerprint density at radius 2 is 1.77 bits per heavy atom. The molecule has 0 fully saturated rings. The fourth-order valence-electron chi connectivity index (χ4n) is 3.34. The molecule has 3 rings (SSSR count). The number of nitrogens with zero attached hydrogens (tertiary/aromatic N) is 3. The molecule has 0 spiro atoms. The molecule has 1 aromatic heterocycles. The fraction of sp³-hybridized carbons (Fsp3) is 0.320. The van der Waals surface area contributed by atoms with Crippen LogP contribution in [-0.4, -0.2) is 48.0 Å². The van der Waals surface area contributed by atoms with Gasteiger partial charge in [0.1, 0.15) is 5.82 Å². The van der Waals surface area contributed by atoms with E-state index in [2.05, 4.69) is 46.8 Å². The lowest BCUT2D eigenvalue weighted by molar-refractivity contribution is 0.0951. The van der Waals surface area contributed by atoms with E-state index < -0.39 is 0 Å². The van der Waals surface area contributed by atoms with Crippen molar-refractivity contribution in [1.29, 1.82) is 0 Å². The van der Waals surface area contributed by atoms with Gasteiger partial charge in [-0.05, 0) is 38.2 Å². The number of benzene rings is 2. The zero-order valence-electron chi connectivity index (χ0n) is 18.5. The lowest BCUT2D eigenvalue weighted by atomic mass is 10.0. The first kappa shape index (κ1) is 22.4. The van der Waals surface area contributed by atoms with E-state index in [1.807, 2.05) is 49.3 Å². The van der Waals surface area contributed by atoms with E-state index in [9.17, 15) is 4.79 Å². The first-order valence-electron chi connectivity index (χ1n) is 10.7. The summed E-state index contributed by atoms with van der Waals surface area (Å²) in [6.07, 6.45) is 5.57. The molecule has 1 amide bonds. The van der Waals surface area contributed by atoms with Gasteiger partial charge in [0.05, 0.1) is 24.1 Å². The minimum absolute atomic E-state index is 0.0693. The van der Waals surface area contributed by atoms with Crippen LogP contribution in [0.5, 0.6) is 0 Å². The van der Waals surface area contributed by atoms with E-state index in [1.165, 1.54) is 5.56 Å². The third-order valence-corrected chi connectivity index (χ3v) is 5.02. The van der Waals surface area contributed by atoms with Gasteiger partial charge in [-0.3, -0.25) is 9.78 Å². The molecular weight excluding hydrogens is 386 g/mol. The minimum atomic E-state index is -0.0693. The Bertz CT molecular complexity index is 957. The van der Waals surface area contributed by atoms with Gasteiger partial charge >= 0.3 is 0 Å².